The molecule has 0 unspecified atom stereocenters. The zero-order valence-electron chi connectivity index (χ0n) is 10.3. The molecule has 0 aliphatic heterocycles. The van der Waals surface area contributed by atoms with Crippen molar-refractivity contribution in [1.29, 1.82) is 0 Å². The Kier molecular flexibility index (Phi) is 3.72. The van der Waals surface area contributed by atoms with Gasteiger partial charge >= 0.3 is 5.97 Å². The molecule has 92 valence electrons. The molecule has 0 amide bonds. The summed E-state index contributed by atoms with van der Waals surface area (Å²) in [5.74, 6) is -0.876. The van der Waals surface area contributed by atoms with Crippen LogP contribution >= 0.6 is 11.8 Å². The third kappa shape index (κ3) is 2.27. The normalized spacial score (nSPS) is 10.3. The van der Waals surface area contributed by atoms with E-state index in [4.69, 9.17) is 0 Å². The summed E-state index contributed by atoms with van der Waals surface area (Å²) >= 11 is 1.62. The number of benzene rings is 2. The number of carboxylic acid groups (broad SMARTS) is 1. The van der Waals surface area contributed by atoms with Crippen LogP contribution in [0.4, 0.5) is 0 Å². The molecule has 0 radical (unpaired) electrons. The Morgan fingerprint density at radius 1 is 1.06 bits per heavy atom. The number of thioether (sulfide) groups is 1. The van der Waals surface area contributed by atoms with Gasteiger partial charge in [0.2, 0.25) is 0 Å². The summed E-state index contributed by atoms with van der Waals surface area (Å²) in [4.78, 5) is 12.5. The molecule has 0 aliphatic carbocycles. The lowest BCUT2D eigenvalue weighted by molar-refractivity contribution is 0.0697. The smallest absolute Gasteiger partial charge is 0.336 e. The topological polar surface area (TPSA) is 37.3 Å². The highest BCUT2D eigenvalue weighted by atomic mass is 32.2. The second-order valence-corrected chi connectivity index (χ2v) is 4.85. The van der Waals surface area contributed by atoms with Crippen molar-refractivity contribution >= 4 is 17.7 Å². The van der Waals surface area contributed by atoms with Gasteiger partial charge in [-0.25, -0.2) is 4.79 Å². The summed E-state index contributed by atoms with van der Waals surface area (Å²) < 4.78 is 0. The molecule has 2 aromatic carbocycles. The third-order valence-corrected chi connectivity index (χ3v) is 3.68. The van der Waals surface area contributed by atoms with Gasteiger partial charge in [-0.05, 0) is 35.9 Å². The van der Waals surface area contributed by atoms with Crippen molar-refractivity contribution in [2.75, 3.05) is 6.26 Å². The van der Waals surface area contributed by atoms with Crippen LogP contribution in [-0.2, 0) is 0 Å². The Morgan fingerprint density at radius 3 is 2.39 bits per heavy atom. The van der Waals surface area contributed by atoms with Crippen molar-refractivity contribution in [2.24, 2.45) is 0 Å². The van der Waals surface area contributed by atoms with Gasteiger partial charge in [-0.15, -0.1) is 11.8 Å². The van der Waals surface area contributed by atoms with Gasteiger partial charge in [0.15, 0.2) is 0 Å². The van der Waals surface area contributed by atoms with Crippen LogP contribution in [0.3, 0.4) is 0 Å². The van der Waals surface area contributed by atoms with Crippen LogP contribution in [-0.4, -0.2) is 17.3 Å². The van der Waals surface area contributed by atoms with Gasteiger partial charge in [0.05, 0.1) is 5.56 Å². The third-order valence-electron chi connectivity index (χ3n) is 2.88. The maximum absolute atomic E-state index is 11.4. The van der Waals surface area contributed by atoms with Gasteiger partial charge in [0, 0.05) is 4.90 Å². The summed E-state index contributed by atoms with van der Waals surface area (Å²) in [6.07, 6.45) is 2.00. The minimum absolute atomic E-state index is 0.388. The molecule has 0 heterocycles. The van der Waals surface area contributed by atoms with E-state index >= 15 is 0 Å². The van der Waals surface area contributed by atoms with Crippen molar-refractivity contribution in [3.63, 3.8) is 0 Å². The average molecular weight is 258 g/mol. The molecule has 3 heteroatoms. The Hall–Kier alpha value is -1.74. The number of hydrogen-bond donors (Lipinski definition) is 1. The molecule has 18 heavy (non-hydrogen) atoms. The fourth-order valence-corrected chi connectivity index (χ4v) is 2.66. The molecule has 0 bridgehead atoms. The van der Waals surface area contributed by atoms with Gasteiger partial charge in [0.25, 0.3) is 0 Å². The quantitative estimate of drug-likeness (QED) is 0.843. The molecular weight excluding hydrogens is 244 g/mol. The van der Waals surface area contributed by atoms with E-state index in [-0.39, 0.29) is 0 Å². The maximum Gasteiger partial charge on any atom is 0.336 e. The summed E-state index contributed by atoms with van der Waals surface area (Å²) in [5.41, 5.74) is 2.94. The molecule has 0 saturated heterocycles. The van der Waals surface area contributed by atoms with E-state index in [1.807, 2.05) is 55.6 Å². The summed E-state index contributed by atoms with van der Waals surface area (Å²) in [5, 5.41) is 9.36. The molecule has 1 N–H and O–H groups in total. The standard InChI is InChI=1S/C15H14O2S/c1-10-6-5-8-12(14(10)15(16)17)11-7-3-4-9-13(11)18-2/h3-9H,1-2H3,(H,16,17). The Balaban J connectivity index is 2.71. The number of aryl methyl sites for hydroxylation is 1. The average Bonchev–Trinajstić information content (AvgIpc) is 2.38. The number of carboxylic acids is 1. The Morgan fingerprint density at radius 2 is 1.72 bits per heavy atom. The first-order chi connectivity index (χ1) is 8.65. The lowest BCUT2D eigenvalue weighted by atomic mass is 9.96. The monoisotopic (exact) mass is 258 g/mol. The Labute approximate surface area is 111 Å². The van der Waals surface area contributed by atoms with Gasteiger partial charge in [-0.2, -0.15) is 0 Å². The van der Waals surface area contributed by atoms with Crippen molar-refractivity contribution in [3.8, 4) is 11.1 Å². The van der Waals surface area contributed by atoms with Crippen LogP contribution in [0.1, 0.15) is 15.9 Å². The SMILES string of the molecule is CSc1ccccc1-c1cccc(C)c1C(=O)O. The Bertz CT molecular complexity index is 591. The predicted octanol–water partition coefficient (Wildman–Crippen LogP) is 4.08. The molecular formula is C15H14O2S. The molecule has 0 aliphatic rings. The fourth-order valence-electron chi connectivity index (χ4n) is 2.04. The number of rotatable bonds is 3. The van der Waals surface area contributed by atoms with E-state index in [9.17, 15) is 9.90 Å². The van der Waals surface area contributed by atoms with Crippen molar-refractivity contribution in [2.45, 2.75) is 11.8 Å². The zero-order chi connectivity index (χ0) is 13.1. The van der Waals surface area contributed by atoms with Gasteiger partial charge in [-0.3, -0.25) is 0 Å². The molecule has 0 spiro atoms. The highest BCUT2D eigenvalue weighted by molar-refractivity contribution is 7.98. The highest BCUT2D eigenvalue weighted by Gasteiger charge is 2.15. The number of carbonyl (C=O) groups is 1. The van der Waals surface area contributed by atoms with E-state index in [1.54, 1.807) is 11.8 Å². The predicted molar refractivity (Wildman–Crippen MR) is 75.4 cm³/mol. The first-order valence-electron chi connectivity index (χ1n) is 5.61. The van der Waals surface area contributed by atoms with Gasteiger partial charge in [-0.1, -0.05) is 36.4 Å². The molecule has 2 aromatic rings. The minimum Gasteiger partial charge on any atom is -0.478 e. The van der Waals surface area contributed by atoms with Crippen LogP contribution in [0.5, 0.6) is 0 Å². The van der Waals surface area contributed by atoms with E-state index in [0.29, 0.717) is 5.56 Å². The summed E-state index contributed by atoms with van der Waals surface area (Å²) in [6, 6.07) is 13.5. The van der Waals surface area contributed by atoms with E-state index in [0.717, 1.165) is 21.6 Å². The molecule has 2 nitrogen and oxygen atoms in total. The van der Waals surface area contributed by atoms with Crippen LogP contribution < -0.4 is 0 Å². The maximum atomic E-state index is 11.4. The van der Waals surface area contributed by atoms with E-state index in [2.05, 4.69) is 0 Å². The van der Waals surface area contributed by atoms with Crippen LogP contribution in [0, 0.1) is 6.92 Å². The molecule has 2 rings (SSSR count). The molecule has 0 fully saturated rings. The zero-order valence-corrected chi connectivity index (χ0v) is 11.1. The first kappa shape index (κ1) is 12.7. The molecule has 0 saturated carbocycles. The lowest BCUT2D eigenvalue weighted by Crippen LogP contribution is -2.03. The largest absolute Gasteiger partial charge is 0.478 e. The van der Waals surface area contributed by atoms with Crippen LogP contribution in [0.15, 0.2) is 47.4 Å². The number of hydrogen-bond acceptors (Lipinski definition) is 2. The van der Waals surface area contributed by atoms with Crippen molar-refractivity contribution in [3.05, 3.63) is 53.6 Å². The van der Waals surface area contributed by atoms with E-state index in [1.165, 1.54) is 0 Å². The molecule has 0 atom stereocenters. The van der Waals surface area contributed by atoms with Crippen molar-refractivity contribution < 1.29 is 9.90 Å². The lowest BCUT2D eigenvalue weighted by Gasteiger charge is -2.12. The van der Waals surface area contributed by atoms with E-state index < -0.39 is 5.97 Å². The van der Waals surface area contributed by atoms with Gasteiger partial charge < -0.3 is 5.11 Å². The van der Waals surface area contributed by atoms with Gasteiger partial charge in [0.1, 0.15) is 0 Å². The minimum atomic E-state index is -0.876. The second kappa shape index (κ2) is 5.27. The highest BCUT2D eigenvalue weighted by Crippen LogP contribution is 2.33. The van der Waals surface area contributed by atoms with Crippen molar-refractivity contribution in [1.82, 2.24) is 0 Å². The fraction of sp³-hybridized carbons (Fsp3) is 0.133. The molecule has 0 aromatic heterocycles. The number of aromatic carboxylic acids is 1. The van der Waals surface area contributed by atoms with Crippen LogP contribution in [0.2, 0.25) is 0 Å². The van der Waals surface area contributed by atoms with Crippen LogP contribution in [0.25, 0.3) is 11.1 Å². The first-order valence-corrected chi connectivity index (χ1v) is 6.84. The summed E-state index contributed by atoms with van der Waals surface area (Å²) in [6.45, 7) is 1.83. The second-order valence-electron chi connectivity index (χ2n) is 4.00. The summed E-state index contributed by atoms with van der Waals surface area (Å²) in [7, 11) is 0.